The van der Waals surface area contributed by atoms with Crippen molar-refractivity contribution in [3.8, 4) is 0 Å². The molecule has 0 aliphatic carbocycles. The lowest BCUT2D eigenvalue weighted by Gasteiger charge is -2.42. The Bertz CT molecular complexity index is 1330. The van der Waals surface area contributed by atoms with Gasteiger partial charge in [0.25, 0.3) is 11.5 Å². The zero-order valence-electron chi connectivity index (χ0n) is 17.1. The van der Waals surface area contributed by atoms with Crippen LogP contribution < -0.4 is 10.9 Å². The number of fused-ring (bicyclic) bond motifs is 4. The van der Waals surface area contributed by atoms with Gasteiger partial charge in [0.05, 0.1) is 16.1 Å². The predicted molar refractivity (Wildman–Crippen MR) is 117 cm³/mol. The van der Waals surface area contributed by atoms with E-state index >= 15 is 0 Å². The van der Waals surface area contributed by atoms with Crippen molar-refractivity contribution in [3.63, 3.8) is 0 Å². The lowest BCUT2D eigenvalue weighted by molar-refractivity contribution is 0.102. The van der Waals surface area contributed by atoms with Gasteiger partial charge in [0.1, 0.15) is 6.33 Å². The van der Waals surface area contributed by atoms with Crippen LogP contribution in [-0.2, 0) is 16.6 Å². The molecular formula is C22H21N5O4S. The summed E-state index contributed by atoms with van der Waals surface area (Å²) in [7, 11) is -3.65. The minimum atomic E-state index is -3.65. The third kappa shape index (κ3) is 3.61. The number of nitrogens with zero attached hydrogens (tertiary/aromatic N) is 4. The summed E-state index contributed by atoms with van der Waals surface area (Å²) >= 11 is 0. The Labute approximate surface area is 184 Å². The topological polar surface area (TPSA) is 114 Å². The van der Waals surface area contributed by atoms with Crippen molar-refractivity contribution >= 4 is 21.6 Å². The highest BCUT2D eigenvalue weighted by Crippen LogP contribution is 2.40. The van der Waals surface area contributed by atoms with Gasteiger partial charge in [-0.25, -0.2) is 18.4 Å². The second-order valence-electron chi connectivity index (χ2n) is 8.10. The number of rotatable bonds is 4. The standard InChI is InChI=1S/C22H21N5O4S/c28-20-7-6-19(25-22(29)17-9-23-14-24-10-17)21-16-8-15(12-27(20)21)11-26(13-16)32(30,31)18-4-2-1-3-5-18/h1-7,9-10,14-16H,8,11-13H2,(H,25,29)/t15-,16+/m0/s1. The number of piperidine rings is 1. The van der Waals surface area contributed by atoms with E-state index < -0.39 is 15.9 Å². The number of pyridine rings is 1. The largest absolute Gasteiger partial charge is 0.320 e. The maximum Gasteiger partial charge on any atom is 0.258 e. The van der Waals surface area contributed by atoms with Crippen LogP contribution in [0.2, 0.25) is 0 Å². The van der Waals surface area contributed by atoms with Gasteiger partial charge in [-0.05, 0) is 30.5 Å². The first-order chi connectivity index (χ1) is 15.4. The fourth-order valence-corrected chi connectivity index (χ4v) is 6.21. The normalized spacial score (nSPS) is 20.4. The SMILES string of the molecule is O=C(Nc1ccc(=O)n2c1[C@@H]1C[C@@H](CN(S(=O)(=O)c3ccccc3)C1)C2)c1cncnc1. The zero-order valence-corrected chi connectivity index (χ0v) is 17.9. The minimum Gasteiger partial charge on any atom is -0.320 e. The molecule has 1 amide bonds. The van der Waals surface area contributed by atoms with Gasteiger partial charge in [0.2, 0.25) is 10.0 Å². The predicted octanol–water partition coefficient (Wildman–Crippen LogP) is 1.70. The molecule has 2 bridgehead atoms. The van der Waals surface area contributed by atoms with Crippen LogP contribution in [0, 0.1) is 5.92 Å². The molecule has 9 nitrogen and oxygen atoms in total. The van der Waals surface area contributed by atoms with Crippen LogP contribution in [0.1, 0.15) is 28.4 Å². The Morgan fingerprint density at radius 1 is 1.00 bits per heavy atom. The van der Waals surface area contributed by atoms with Crippen LogP contribution in [0.25, 0.3) is 0 Å². The first-order valence-electron chi connectivity index (χ1n) is 10.3. The molecule has 1 saturated heterocycles. The lowest BCUT2D eigenvalue weighted by Crippen LogP contribution is -2.49. The maximum absolute atomic E-state index is 13.2. The molecule has 4 heterocycles. The molecule has 0 unspecified atom stereocenters. The highest BCUT2D eigenvalue weighted by molar-refractivity contribution is 7.89. The van der Waals surface area contributed by atoms with Gasteiger partial charge in [0.15, 0.2) is 0 Å². The molecule has 2 aliphatic rings. The van der Waals surface area contributed by atoms with Crippen LogP contribution in [0.4, 0.5) is 5.69 Å². The van der Waals surface area contributed by atoms with Crippen molar-refractivity contribution in [2.75, 3.05) is 18.4 Å². The number of hydrogen-bond donors (Lipinski definition) is 1. The van der Waals surface area contributed by atoms with Gasteiger partial charge in [-0.15, -0.1) is 0 Å². The zero-order chi connectivity index (χ0) is 22.3. The van der Waals surface area contributed by atoms with E-state index in [1.54, 1.807) is 41.0 Å². The Hall–Kier alpha value is -3.37. The van der Waals surface area contributed by atoms with Gasteiger partial charge in [-0.2, -0.15) is 4.31 Å². The van der Waals surface area contributed by atoms with E-state index in [1.807, 2.05) is 0 Å². The number of anilines is 1. The molecule has 1 aromatic carbocycles. The number of sulfonamides is 1. The first kappa shape index (κ1) is 20.5. The maximum atomic E-state index is 13.2. The summed E-state index contributed by atoms with van der Waals surface area (Å²) in [6.45, 7) is 1.01. The summed E-state index contributed by atoms with van der Waals surface area (Å²) in [6.07, 6.45) is 4.91. The molecular weight excluding hydrogens is 430 g/mol. The smallest absolute Gasteiger partial charge is 0.258 e. The van der Waals surface area contributed by atoms with Crippen LogP contribution in [-0.4, -0.2) is 46.3 Å². The van der Waals surface area contributed by atoms with Crippen molar-refractivity contribution in [1.82, 2.24) is 18.8 Å². The Morgan fingerprint density at radius 2 is 1.75 bits per heavy atom. The summed E-state index contributed by atoms with van der Waals surface area (Å²) in [4.78, 5) is 33.3. The molecule has 2 atom stereocenters. The molecule has 0 radical (unpaired) electrons. The average Bonchev–Trinajstić information content (AvgIpc) is 2.82. The summed E-state index contributed by atoms with van der Waals surface area (Å²) < 4.78 is 29.6. The number of benzene rings is 1. The van der Waals surface area contributed by atoms with E-state index in [2.05, 4.69) is 15.3 Å². The summed E-state index contributed by atoms with van der Waals surface area (Å²) in [6, 6.07) is 11.4. The third-order valence-electron chi connectivity index (χ3n) is 6.01. The molecule has 0 saturated carbocycles. The van der Waals surface area contributed by atoms with E-state index in [0.29, 0.717) is 30.0 Å². The van der Waals surface area contributed by atoms with Crippen LogP contribution >= 0.6 is 0 Å². The number of aromatic nitrogens is 3. The van der Waals surface area contributed by atoms with E-state index in [-0.39, 0.29) is 28.8 Å². The highest BCUT2D eigenvalue weighted by Gasteiger charge is 2.40. The van der Waals surface area contributed by atoms with Crippen molar-refractivity contribution in [2.45, 2.75) is 23.8 Å². The fraction of sp³-hybridized carbons (Fsp3) is 0.273. The van der Waals surface area contributed by atoms with Crippen LogP contribution in [0.3, 0.4) is 0 Å². The molecule has 164 valence electrons. The molecule has 32 heavy (non-hydrogen) atoms. The molecule has 10 heteroatoms. The molecule has 5 rings (SSSR count). The van der Waals surface area contributed by atoms with Gasteiger partial charge in [-0.3, -0.25) is 9.59 Å². The third-order valence-corrected chi connectivity index (χ3v) is 7.85. The Kier molecular flexibility index (Phi) is 5.10. The molecule has 1 N–H and O–H groups in total. The van der Waals surface area contributed by atoms with Crippen molar-refractivity contribution < 1.29 is 13.2 Å². The van der Waals surface area contributed by atoms with E-state index in [0.717, 1.165) is 6.42 Å². The quantitative estimate of drug-likeness (QED) is 0.646. The number of carbonyl (C=O) groups excluding carboxylic acids is 1. The van der Waals surface area contributed by atoms with Gasteiger partial charge in [0, 0.05) is 49.7 Å². The lowest BCUT2D eigenvalue weighted by atomic mass is 9.83. The summed E-state index contributed by atoms with van der Waals surface area (Å²) in [5, 5.41) is 2.86. The van der Waals surface area contributed by atoms with Crippen molar-refractivity contribution in [3.05, 3.63) is 82.8 Å². The fourth-order valence-electron chi connectivity index (χ4n) is 4.63. The highest BCUT2D eigenvalue weighted by atomic mass is 32.2. The number of carbonyl (C=O) groups is 1. The second kappa shape index (κ2) is 7.95. The van der Waals surface area contributed by atoms with Gasteiger partial charge >= 0.3 is 0 Å². The van der Waals surface area contributed by atoms with E-state index in [9.17, 15) is 18.0 Å². The number of nitrogens with one attached hydrogen (secondary N) is 1. The second-order valence-corrected chi connectivity index (χ2v) is 10.0. The monoisotopic (exact) mass is 451 g/mol. The molecule has 2 aromatic heterocycles. The van der Waals surface area contributed by atoms with E-state index in [4.69, 9.17) is 0 Å². The Morgan fingerprint density at radius 3 is 2.50 bits per heavy atom. The minimum absolute atomic E-state index is 0.0194. The van der Waals surface area contributed by atoms with Crippen molar-refractivity contribution in [1.29, 1.82) is 0 Å². The summed E-state index contributed by atoms with van der Waals surface area (Å²) in [5.41, 5.74) is 1.30. The van der Waals surface area contributed by atoms with Gasteiger partial charge in [-0.1, -0.05) is 18.2 Å². The van der Waals surface area contributed by atoms with Gasteiger partial charge < -0.3 is 9.88 Å². The summed E-state index contributed by atoms with van der Waals surface area (Å²) in [5.74, 6) is -0.582. The van der Waals surface area contributed by atoms with Crippen molar-refractivity contribution in [2.24, 2.45) is 5.92 Å². The average molecular weight is 452 g/mol. The first-order valence-corrected chi connectivity index (χ1v) is 11.7. The number of hydrogen-bond acceptors (Lipinski definition) is 6. The molecule has 3 aromatic rings. The molecule has 0 spiro atoms. The van der Waals surface area contributed by atoms with Crippen LogP contribution in [0.5, 0.6) is 0 Å². The van der Waals surface area contributed by atoms with E-state index in [1.165, 1.54) is 29.1 Å². The van der Waals surface area contributed by atoms with Crippen LogP contribution in [0.15, 0.2) is 70.9 Å². The molecule has 1 fully saturated rings. The molecule has 2 aliphatic heterocycles. The number of amides is 1. The Balaban J connectivity index is 1.49.